The minimum absolute atomic E-state index is 0.0936. The average Bonchev–Trinajstić information content (AvgIpc) is 2.74. The third-order valence-electron chi connectivity index (χ3n) is 4.18. The number of fused-ring (bicyclic) bond motifs is 1. The third kappa shape index (κ3) is 3.34. The molecule has 0 bridgehead atoms. The van der Waals surface area contributed by atoms with E-state index in [1.807, 2.05) is 24.1 Å². The molecule has 0 N–H and O–H groups in total. The van der Waals surface area contributed by atoms with E-state index >= 15 is 0 Å². The van der Waals surface area contributed by atoms with Gasteiger partial charge in [-0.15, -0.1) is 0 Å². The van der Waals surface area contributed by atoms with E-state index in [-0.39, 0.29) is 18.1 Å². The Balaban J connectivity index is 1.70. The van der Waals surface area contributed by atoms with Gasteiger partial charge in [0.2, 0.25) is 5.91 Å². The zero-order chi connectivity index (χ0) is 15.0. The minimum Gasteiger partial charge on any atom is -0.374 e. The van der Waals surface area contributed by atoms with E-state index in [0.29, 0.717) is 23.1 Å². The van der Waals surface area contributed by atoms with E-state index in [2.05, 4.69) is 4.90 Å². The van der Waals surface area contributed by atoms with Gasteiger partial charge in [0.1, 0.15) is 0 Å². The highest BCUT2D eigenvalue weighted by Crippen LogP contribution is 2.25. The SMILES string of the molecule is CN1C(=O)CCO[C@H]2CN(Cc3cc(Cl)cc(Cl)c3)C[C@@H]21. The molecule has 2 atom stereocenters. The summed E-state index contributed by atoms with van der Waals surface area (Å²) in [6.45, 7) is 2.92. The molecule has 6 heteroatoms. The molecule has 1 amide bonds. The van der Waals surface area contributed by atoms with E-state index < -0.39 is 0 Å². The lowest BCUT2D eigenvalue weighted by molar-refractivity contribution is -0.131. The summed E-state index contributed by atoms with van der Waals surface area (Å²) in [6.07, 6.45) is 0.573. The van der Waals surface area contributed by atoms with Crippen molar-refractivity contribution < 1.29 is 9.53 Å². The minimum atomic E-state index is 0.0936. The van der Waals surface area contributed by atoms with Crippen LogP contribution in [0.2, 0.25) is 10.0 Å². The van der Waals surface area contributed by atoms with Crippen molar-refractivity contribution in [2.75, 3.05) is 26.7 Å². The van der Waals surface area contributed by atoms with Gasteiger partial charge in [-0.2, -0.15) is 0 Å². The van der Waals surface area contributed by atoms with Gasteiger partial charge in [-0.05, 0) is 23.8 Å². The second-order valence-corrected chi connectivity index (χ2v) is 6.58. The van der Waals surface area contributed by atoms with Crippen molar-refractivity contribution in [1.82, 2.24) is 9.80 Å². The van der Waals surface area contributed by atoms with Gasteiger partial charge in [-0.25, -0.2) is 0 Å². The summed E-state index contributed by atoms with van der Waals surface area (Å²) < 4.78 is 5.83. The maximum atomic E-state index is 11.9. The number of carbonyl (C=O) groups is 1. The summed E-state index contributed by atoms with van der Waals surface area (Å²) in [5.41, 5.74) is 1.08. The quantitative estimate of drug-likeness (QED) is 0.835. The van der Waals surface area contributed by atoms with Crippen LogP contribution in [-0.2, 0) is 16.1 Å². The standard InChI is InChI=1S/C15H18Cl2N2O2/c1-18-13-8-19(9-14(13)21-3-2-15(18)20)7-10-4-11(16)6-12(17)5-10/h4-6,13-14H,2-3,7-9H2,1H3/t13-,14-/m0/s1. The fraction of sp³-hybridized carbons (Fsp3) is 0.533. The van der Waals surface area contributed by atoms with Gasteiger partial charge >= 0.3 is 0 Å². The lowest BCUT2D eigenvalue weighted by atomic mass is 10.2. The molecule has 0 aliphatic carbocycles. The first-order valence-corrected chi connectivity index (χ1v) is 7.83. The molecular formula is C15H18Cl2N2O2. The van der Waals surface area contributed by atoms with Gasteiger partial charge in [0.15, 0.2) is 0 Å². The number of amides is 1. The molecule has 3 rings (SSSR count). The van der Waals surface area contributed by atoms with Crippen molar-refractivity contribution in [2.45, 2.75) is 25.1 Å². The Kier molecular flexibility index (Phi) is 4.41. The van der Waals surface area contributed by atoms with Crippen molar-refractivity contribution in [3.8, 4) is 0 Å². The number of nitrogens with zero attached hydrogens (tertiary/aromatic N) is 2. The van der Waals surface area contributed by atoms with Crippen LogP contribution in [-0.4, -0.2) is 54.6 Å². The Morgan fingerprint density at radius 2 is 1.95 bits per heavy atom. The Hall–Kier alpha value is -0.810. The second-order valence-electron chi connectivity index (χ2n) is 5.70. The molecule has 0 aromatic heterocycles. The van der Waals surface area contributed by atoms with E-state index in [0.717, 1.165) is 25.2 Å². The lowest BCUT2D eigenvalue weighted by Crippen LogP contribution is -2.42. The molecule has 0 saturated carbocycles. The van der Waals surface area contributed by atoms with Gasteiger partial charge in [0.05, 0.1) is 25.2 Å². The summed E-state index contributed by atoms with van der Waals surface area (Å²) in [7, 11) is 1.87. The molecule has 0 spiro atoms. The van der Waals surface area contributed by atoms with Crippen LogP contribution in [0.15, 0.2) is 18.2 Å². The van der Waals surface area contributed by atoms with Crippen LogP contribution in [0.4, 0.5) is 0 Å². The van der Waals surface area contributed by atoms with E-state index in [9.17, 15) is 4.79 Å². The predicted molar refractivity (Wildman–Crippen MR) is 82.7 cm³/mol. The van der Waals surface area contributed by atoms with Crippen molar-refractivity contribution >= 4 is 29.1 Å². The number of rotatable bonds is 2. The number of carbonyl (C=O) groups excluding carboxylic acids is 1. The largest absolute Gasteiger partial charge is 0.374 e. The van der Waals surface area contributed by atoms with Crippen molar-refractivity contribution in [3.63, 3.8) is 0 Å². The summed E-state index contributed by atoms with van der Waals surface area (Å²) in [6, 6.07) is 5.72. The molecule has 1 aromatic rings. The monoisotopic (exact) mass is 328 g/mol. The number of halogens is 2. The van der Waals surface area contributed by atoms with E-state index in [1.54, 1.807) is 6.07 Å². The van der Waals surface area contributed by atoms with Crippen LogP contribution in [0.25, 0.3) is 0 Å². The van der Waals surface area contributed by atoms with Crippen molar-refractivity contribution in [3.05, 3.63) is 33.8 Å². The molecule has 2 fully saturated rings. The van der Waals surface area contributed by atoms with Gasteiger partial charge in [-0.1, -0.05) is 23.2 Å². The first kappa shape index (κ1) is 15.1. The van der Waals surface area contributed by atoms with Crippen LogP contribution in [0, 0.1) is 0 Å². The number of benzene rings is 1. The average molecular weight is 329 g/mol. The predicted octanol–water partition coefficient (Wildman–Crippen LogP) is 2.42. The summed E-state index contributed by atoms with van der Waals surface area (Å²) in [5, 5.41) is 1.30. The zero-order valence-electron chi connectivity index (χ0n) is 11.9. The second kappa shape index (κ2) is 6.13. The molecule has 0 unspecified atom stereocenters. The Labute approximate surface area is 134 Å². The van der Waals surface area contributed by atoms with Crippen LogP contribution in [0.3, 0.4) is 0 Å². The van der Waals surface area contributed by atoms with Gasteiger partial charge in [0, 0.05) is 36.7 Å². The first-order valence-electron chi connectivity index (χ1n) is 7.07. The van der Waals surface area contributed by atoms with Crippen LogP contribution >= 0.6 is 23.2 Å². The number of hydrogen-bond donors (Lipinski definition) is 0. The summed E-state index contributed by atoms with van der Waals surface area (Å²) in [4.78, 5) is 16.0. The Morgan fingerprint density at radius 3 is 2.67 bits per heavy atom. The third-order valence-corrected chi connectivity index (χ3v) is 4.62. The molecule has 114 valence electrons. The maximum Gasteiger partial charge on any atom is 0.225 e. The first-order chi connectivity index (χ1) is 10.0. The fourth-order valence-electron chi connectivity index (χ4n) is 3.12. The molecule has 2 heterocycles. The maximum absolute atomic E-state index is 11.9. The Bertz CT molecular complexity index is 532. The van der Waals surface area contributed by atoms with Crippen molar-refractivity contribution in [2.24, 2.45) is 0 Å². The Morgan fingerprint density at radius 1 is 1.24 bits per heavy atom. The molecule has 0 radical (unpaired) electrons. The topological polar surface area (TPSA) is 32.8 Å². The van der Waals surface area contributed by atoms with Gasteiger partial charge < -0.3 is 9.64 Å². The smallest absolute Gasteiger partial charge is 0.225 e. The normalized spacial score (nSPS) is 26.8. The number of likely N-dealkylation sites (tertiary alicyclic amines) is 1. The zero-order valence-corrected chi connectivity index (χ0v) is 13.4. The molecular weight excluding hydrogens is 311 g/mol. The highest BCUT2D eigenvalue weighted by Gasteiger charge is 2.39. The van der Waals surface area contributed by atoms with Crippen LogP contribution in [0.5, 0.6) is 0 Å². The summed E-state index contributed by atoms with van der Waals surface area (Å²) in [5.74, 6) is 0.162. The molecule has 4 nitrogen and oxygen atoms in total. The number of likely N-dealkylation sites (N-methyl/N-ethyl adjacent to an activating group) is 1. The highest BCUT2D eigenvalue weighted by atomic mass is 35.5. The van der Waals surface area contributed by atoms with E-state index in [1.165, 1.54) is 0 Å². The van der Waals surface area contributed by atoms with Crippen LogP contribution in [0.1, 0.15) is 12.0 Å². The highest BCUT2D eigenvalue weighted by molar-refractivity contribution is 6.34. The summed E-state index contributed by atoms with van der Waals surface area (Å²) >= 11 is 12.1. The van der Waals surface area contributed by atoms with Crippen LogP contribution < -0.4 is 0 Å². The molecule has 2 aliphatic heterocycles. The van der Waals surface area contributed by atoms with Gasteiger partial charge in [-0.3, -0.25) is 9.69 Å². The lowest BCUT2D eigenvalue weighted by Gasteiger charge is -2.25. The van der Waals surface area contributed by atoms with Crippen molar-refractivity contribution in [1.29, 1.82) is 0 Å². The molecule has 2 aliphatic rings. The van der Waals surface area contributed by atoms with Gasteiger partial charge in [0.25, 0.3) is 0 Å². The molecule has 2 saturated heterocycles. The number of ether oxygens (including phenoxy) is 1. The fourth-order valence-corrected chi connectivity index (χ4v) is 3.69. The molecule has 1 aromatic carbocycles. The molecule has 21 heavy (non-hydrogen) atoms. The number of hydrogen-bond acceptors (Lipinski definition) is 3. The van der Waals surface area contributed by atoms with E-state index in [4.69, 9.17) is 27.9 Å².